The maximum atomic E-state index is 12.5. The van der Waals surface area contributed by atoms with E-state index in [-0.39, 0.29) is 6.09 Å². The predicted octanol–water partition coefficient (Wildman–Crippen LogP) is 6.10. The molecule has 2 N–H and O–H groups in total. The van der Waals surface area contributed by atoms with Crippen LogP contribution in [0.1, 0.15) is 25.7 Å². The fraction of sp³-hybridized carbons (Fsp3) is 0.296. The van der Waals surface area contributed by atoms with Gasteiger partial charge in [-0.3, -0.25) is 5.32 Å². The summed E-state index contributed by atoms with van der Waals surface area (Å²) in [6.45, 7) is 0.494. The van der Waals surface area contributed by atoms with Gasteiger partial charge in [-0.05, 0) is 54.4 Å². The van der Waals surface area contributed by atoms with Crippen LogP contribution >= 0.6 is 0 Å². The van der Waals surface area contributed by atoms with Crippen molar-refractivity contribution in [2.24, 2.45) is 5.92 Å². The SMILES string of the molecule is O=C(Nc1ccccc1-c1ccc(-c2ccccc2)cc1)OCC1C[C@H]2CC[C@@H](C1)N2. The van der Waals surface area contributed by atoms with Crippen molar-refractivity contribution in [3.05, 3.63) is 78.9 Å². The zero-order valence-corrected chi connectivity index (χ0v) is 17.6. The molecule has 2 bridgehead atoms. The van der Waals surface area contributed by atoms with E-state index in [2.05, 4.69) is 47.0 Å². The Bertz CT molecular complexity index is 1020. The molecule has 3 aromatic rings. The Labute approximate surface area is 183 Å². The van der Waals surface area contributed by atoms with Gasteiger partial charge in [0.2, 0.25) is 0 Å². The van der Waals surface area contributed by atoms with Crippen molar-refractivity contribution in [3.8, 4) is 22.3 Å². The second-order valence-electron chi connectivity index (χ2n) is 8.69. The maximum Gasteiger partial charge on any atom is 0.411 e. The van der Waals surface area contributed by atoms with Gasteiger partial charge in [-0.2, -0.15) is 0 Å². The summed E-state index contributed by atoms with van der Waals surface area (Å²) in [7, 11) is 0. The van der Waals surface area contributed by atoms with Gasteiger partial charge in [0, 0.05) is 17.6 Å². The number of nitrogens with one attached hydrogen (secondary N) is 2. The minimum atomic E-state index is -0.376. The van der Waals surface area contributed by atoms with Crippen molar-refractivity contribution >= 4 is 11.8 Å². The smallest absolute Gasteiger partial charge is 0.411 e. The Morgan fingerprint density at radius 2 is 1.42 bits per heavy atom. The third kappa shape index (κ3) is 4.64. The quantitative estimate of drug-likeness (QED) is 0.532. The largest absolute Gasteiger partial charge is 0.449 e. The molecule has 0 spiro atoms. The lowest BCUT2D eigenvalue weighted by Gasteiger charge is -2.28. The molecule has 0 radical (unpaired) electrons. The maximum absolute atomic E-state index is 12.5. The second-order valence-corrected chi connectivity index (χ2v) is 8.69. The van der Waals surface area contributed by atoms with Crippen LogP contribution in [0.15, 0.2) is 78.9 Å². The van der Waals surface area contributed by atoms with E-state index in [0.29, 0.717) is 24.6 Å². The Kier molecular flexibility index (Phi) is 5.72. The van der Waals surface area contributed by atoms with E-state index in [4.69, 9.17) is 4.74 Å². The molecule has 3 aromatic carbocycles. The van der Waals surface area contributed by atoms with Gasteiger partial charge in [-0.1, -0.05) is 72.8 Å². The van der Waals surface area contributed by atoms with Crippen LogP contribution in [0.3, 0.4) is 0 Å². The van der Waals surface area contributed by atoms with Crippen LogP contribution in [-0.2, 0) is 4.74 Å². The Morgan fingerprint density at radius 1 is 0.806 bits per heavy atom. The number of fused-ring (bicyclic) bond motifs is 2. The van der Waals surface area contributed by atoms with E-state index in [1.807, 2.05) is 42.5 Å². The molecule has 2 aliphatic rings. The molecule has 0 saturated carbocycles. The van der Waals surface area contributed by atoms with Gasteiger partial charge >= 0.3 is 6.09 Å². The number of hydrogen-bond acceptors (Lipinski definition) is 3. The van der Waals surface area contributed by atoms with E-state index in [1.165, 1.54) is 24.0 Å². The fourth-order valence-electron chi connectivity index (χ4n) is 4.97. The van der Waals surface area contributed by atoms with E-state index in [0.717, 1.165) is 29.7 Å². The molecule has 3 atom stereocenters. The monoisotopic (exact) mass is 412 g/mol. The minimum absolute atomic E-state index is 0.376. The van der Waals surface area contributed by atoms with Crippen LogP contribution < -0.4 is 10.6 Å². The highest BCUT2D eigenvalue weighted by atomic mass is 16.5. The first-order valence-corrected chi connectivity index (χ1v) is 11.2. The Hall–Kier alpha value is -3.11. The van der Waals surface area contributed by atoms with Crippen molar-refractivity contribution in [2.45, 2.75) is 37.8 Å². The van der Waals surface area contributed by atoms with Crippen molar-refractivity contribution in [3.63, 3.8) is 0 Å². The highest BCUT2D eigenvalue weighted by molar-refractivity contribution is 5.91. The van der Waals surface area contributed by atoms with Crippen molar-refractivity contribution in [1.82, 2.24) is 5.32 Å². The average Bonchev–Trinajstić information content (AvgIpc) is 3.16. The first-order valence-electron chi connectivity index (χ1n) is 11.2. The molecule has 2 fully saturated rings. The third-order valence-electron chi connectivity index (χ3n) is 6.49. The number of benzene rings is 3. The van der Waals surface area contributed by atoms with E-state index in [9.17, 15) is 4.79 Å². The summed E-state index contributed by atoms with van der Waals surface area (Å²) >= 11 is 0. The highest BCUT2D eigenvalue weighted by Gasteiger charge is 2.33. The standard InChI is InChI=1S/C27H28N2O2/c30-27(31-18-19-16-23-14-15-24(17-19)28-23)29-26-9-5-4-8-25(26)22-12-10-21(11-13-22)20-6-2-1-3-7-20/h1-13,19,23-24,28H,14-18H2,(H,29,30)/t19?,23-,24+. The first-order chi connectivity index (χ1) is 15.2. The summed E-state index contributed by atoms with van der Waals surface area (Å²) in [5, 5.41) is 6.59. The molecular weight excluding hydrogens is 384 g/mol. The molecule has 1 amide bonds. The number of anilines is 1. The van der Waals surface area contributed by atoms with Crippen LogP contribution in [0, 0.1) is 5.92 Å². The number of para-hydroxylation sites is 1. The third-order valence-corrected chi connectivity index (χ3v) is 6.49. The Balaban J connectivity index is 1.24. The molecule has 2 aliphatic heterocycles. The molecule has 0 aromatic heterocycles. The van der Waals surface area contributed by atoms with Gasteiger partial charge in [0.05, 0.1) is 12.3 Å². The van der Waals surface area contributed by atoms with Crippen LogP contribution in [0.2, 0.25) is 0 Å². The van der Waals surface area contributed by atoms with E-state index >= 15 is 0 Å². The fourth-order valence-corrected chi connectivity index (χ4v) is 4.97. The van der Waals surface area contributed by atoms with Gasteiger partial charge < -0.3 is 10.1 Å². The van der Waals surface area contributed by atoms with E-state index < -0.39 is 0 Å². The molecule has 0 aliphatic carbocycles. The summed E-state index contributed by atoms with van der Waals surface area (Å²) in [6.07, 6.45) is 4.34. The minimum Gasteiger partial charge on any atom is -0.449 e. The molecule has 2 heterocycles. The summed E-state index contributed by atoms with van der Waals surface area (Å²) in [4.78, 5) is 12.5. The number of ether oxygens (including phenoxy) is 1. The van der Waals surface area contributed by atoms with Crippen molar-refractivity contribution < 1.29 is 9.53 Å². The number of carbonyl (C=O) groups is 1. The lowest BCUT2D eigenvalue weighted by atomic mass is 9.93. The predicted molar refractivity (Wildman–Crippen MR) is 125 cm³/mol. The zero-order chi connectivity index (χ0) is 21.0. The molecule has 1 unspecified atom stereocenters. The van der Waals surface area contributed by atoms with Crippen molar-refractivity contribution in [2.75, 3.05) is 11.9 Å². The molecule has 31 heavy (non-hydrogen) atoms. The van der Waals surface area contributed by atoms with Crippen LogP contribution in [0.25, 0.3) is 22.3 Å². The van der Waals surface area contributed by atoms with Crippen LogP contribution in [-0.4, -0.2) is 24.8 Å². The summed E-state index contributed by atoms with van der Waals surface area (Å²) < 4.78 is 5.60. The lowest BCUT2D eigenvalue weighted by molar-refractivity contribution is 0.122. The molecule has 158 valence electrons. The lowest BCUT2D eigenvalue weighted by Crippen LogP contribution is -2.39. The average molecular weight is 413 g/mol. The number of piperidine rings is 1. The molecule has 4 heteroatoms. The normalized spacial score (nSPS) is 22.1. The summed E-state index contributed by atoms with van der Waals surface area (Å²) in [6, 6.07) is 27.8. The van der Waals surface area contributed by atoms with E-state index in [1.54, 1.807) is 0 Å². The Morgan fingerprint density at radius 3 is 2.16 bits per heavy atom. The van der Waals surface area contributed by atoms with Gasteiger partial charge in [-0.15, -0.1) is 0 Å². The van der Waals surface area contributed by atoms with Crippen molar-refractivity contribution in [1.29, 1.82) is 0 Å². The number of rotatable bonds is 5. The van der Waals surface area contributed by atoms with Gasteiger partial charge in [0.1, 0.15) is 0 Å². The van der Waals surface area contributed by atoms with Crippen LogP contribution in [0.5, 0.6) is 0 Å². The van der Waals surface area contributed by atoms with Crippen LogP contribution in [0.4, 0.5) is 10.5 Å². The molecule has 2 saturated heterocycles. The second kappa shape index (κ2) is 8.94. The summed E-state index contributed by atoms with van der Waals surface area (Å²) in [5.41, 5.74) is 5.18. The highest BCUT2D eigenvalue weighted by Crippen LogP contribution is 2.32. The topological polar surface area (TPSA) is 50.4 Å². The van der Waals surface area contributed by atoms with Gasteiger partial charge in [0.25, 0.3) is 0 Å². The number of carbonyl (C=O) groups excluding carboxylic acids is 1. The number of hydrogen-bond donors (Lipinski definition) is 2. The molecule has 5 rings (SSSR count). The summed E-state index contributed by atoms with van der Waals surface area (Å²) in [5.74, 6) is 0.463. The van der Waals surface area contributed by atoms with Gasteiger partial charge in [-0.25, -0.2) is 4.79 Å². The number of amides is 1. The zero-order valence-electron chi connectivity index (χ0n) is 17.6. The molecular formula is C27H28N2O2. The van der Waals surface area contributed by atoms with Gasteiger partial charge in [0.15, 0.2) is 0 Å². The molecule has 4 nitrogen and oxygen atoms in total. The first kappa shape index (κ1) is 19.8.